The second kappa shape index (κ2) is 12.2. The lowest BCUT2D eigenvalue weighted by Crippen LogP contribution is -2.42. The van der Waals surface area contributed by atoms with Gasteiger partial charge < -0.3 is 20.9 Å². The van der Waals surface area contributed by atoms with Crippen LogP contribution in [-0.2, 0) is 14.4 Å². The van der Waals surface area contributed by atoms with E-state index in [1.807, 2.05) is 0 Å². The Labute approximate surface area is 195 Å². The zero-order valence-electron chi connectivity index (χ0n) is 17.8. The summed E-state index contributed by atoms with van der Waals surface area (Å²) >= 11 is 4.55. The van der Waals surface area contributed by atoms with Gasteiger partial charge in [-0.1, -0.05) is 0 Å². The van der Waals surface area contributed by atoms with Crippen LogP contribution in [0.15, 0.2) is 53.5 Å². The van der Waals surface area contributed by atoms with Crippen LogP contribution in [0.4, 0.5) is 5.69 Å². The zero-order valence-corrected chi connectivity index (χ0v) is 18.6. The van der Waals surface area contributed by atoms with Crippen LogP contribution in [0.3, 0.4) is 0 Å². The number of hydrogen-bond acceptors (Lipinski definition) is 7. The van der Waals surface area contributed by atoms with E-state index in [1.54, 1.807) is 55.5 Å². The molecule has 0 aliphatic rings. The second-order valence-electron chi connectivity index (χ2n) is 7.20. The number of benzene rings is 2. The molecule has 0 saturated carbocycles. The van der Waals surface area contributed by atoms with Gasteiger partial charge in [0.25, 0.3) is 0 Å². The fraction of sp³-hybridized carbons (Fsp3) is 0.261. The number of nitrogens with one attached hydrogen (secondary N) is 1. The van der Waals surface area contributed by atoms with E-state index >= 15 is 0 Å². The van der Waals surface area contributed by atoms with Crippen molar-refractivity contribution in [2.75, 3.05) is 0 Å². The van der Waals surface area contributed by atoms with E-state index in [1.165, 1.54) is 0 Å². The van der Waals surface area contributed by atoms with Crippen LogP contribution in [-0.4, -0.2) is 46.0 Å². The molecule has 0 saturated heterocycles. The number of aliphatic carboxylic acids is 1. The average Bonchev–Trinajstić information content (AvgIpc) is 2.77. The van der Waals surface area contributed by atoms with E-state index in [4.69, 9.17) is 15.6 Å². The number of primary amides is 1. The molecular formula is C23H23N3O6S. The fourth-order valence-corrected chi connectivity index (χ4v) is 3.03. The highest BCUT2D eigenvalue weighted by Crippen LogP contribution is 2.19. The zero-order chi connectivity index (χ0) is 24.4. The van der Waals surface area contributed by atoms with Crippen LogP contribution < -0.4 is 15.8 Å². The van der Waals surface area contributed by atoms with Gasteiger partial charge in [0.2, 0.25) is 11.8 Å². The quantitative estimate of drug-likeness (QED) is 0.246. The first-order valence-electron chi connectivity index (χ1n) is 9.99. The minimum atomic E-state index is -1.25. The maximum absolute atomic E-state index is 12.6. The van der Waals surface area contributed by atoms with Crippen LogP contribution in [0, 0.1) is 0 Å². The second-order valence-corrected chi connectivity index (χ2v) is 7.38. The monoisotopic (exact) mass is 469 g/mol. The summed E-state index contributed by atoms with van der Waals surface area (Å²) in [5.74, 6) is -2.16. The number of carboxylic acid groups (broad SMARTS) is 1. The van der Waals surface area contributed by atoms with Crippen LogP contribution in [0.25, 0.3) is 0 Å². The number of ether oxygens (including phenoxy) is 1. The van der Waals surface area contributed by atoms with Crippen molar-refractivity contribution >= 4 is 46.6 Å². The number of amides is 2. The Morgan fingerprint density at radius 1 is 1.09 bits per heavy atom. The molecule has 0 bridgehead atoms. The molecule has 0 aliphatic heterocycles. The molecule has 2 amide bonds. The summed E-state index contributed by atoms with van der Waals surface area (Å²) < 4.78 is 5.69. The molecule has 0 heterocycles. The largest absolute Gasteiger partial charge is 0.490 e. The van der Waals surface area contributed by atoms with Crippen LogP contribution in [0.1, 0.15) is 42.1 Å². The highest BCUT2D eigenvalue weighted by atomic mass is 32.1. The summed E-state index contributed by atoms with van der Waals surface area (Å²) in [6.45, 7) is 1.65. The third kappa shape index (κ3) is 8.29. The van der Waals surface area contributed by atoms with Gasteiger partial charge in [-0.3, -0.25) is 14.4 Å². The van der Waals surface area contributed by atoms with Gasteiger partial charge in [0.15, 0.2) is 5.78 Å². The van der Waals surface area contributed by atoms with Gasteiger partial charge in [-0.2, -0.15) is 4.99 Å². The van der Waals surface area contributed by atoms with Gasteiger partial charge in [-0.25, -0.2) is 4.79 Å². The van der Waals surface area contributed by atoms with E-state index < -0.39 is 29.9 Å². The lowest BCUT2D eigenvalue weighted by atomic mass is 10.0. The number of carbonyl (C=O) groups excluding carboxylic acids is 3. The molecule has 0 fully saturated rings. The van der Waals surface area contributed by atoms with Gasteiger partial charge in [0, 0.05) is 17.5 Å². The number of isothiocyanates is 1. The van der Waals surface area contributed by atoms with Crippen LogP contribution >= 0.6 is 12.2 Å². The molecule has 4 N–H and O–H groups in total. The van der Waals surface area contributed by atoms with Crippen molar-refractivity contribution in [3.63, 3.8) is 0 Å². The summed E-state index contributed by atoms with van der Waals surface area (Å²) in [5.41, 5.74) is 6.57. The number of ketones is 1. The molecule has 0 aromatic heterocycles. The smallest absolute Gasteiger partial charge is 0.326 e. The molecule has 2 rings (SSSR count). The van der Waals surface area contributed by atoms with Crippen LogP contribution in [0.5, 0.6) is 5.75 Å². The molecule has 0 aliphatic carbocycles. The molecule has 10 heteroatoms. The van der Waals surface area contributed by atoms with E-state index in [0.717, 1.165) is 0 Å². The molecule has 2 aromatic rings. The molecule has 9 nitrogen and oxygen atoms in total. The number of hydrogen-bond donors (Lipinski definition) is 3. The maximum atomic E-state index is 12.6. The van der Waals surface area contributed by atoms with E-state index in [2.05, 4.69) is 27.7 Å². The van der Waals surface area contributed by atoms with Crippen molar-refractivity contribution in [1.29, 1.82) is 0 Å². The number of aliphatic imine (C=N–C) groups is 1. The number of thiocarbonyl (C=S) groups is 1. The normalized spacial score (nSPS) is 12.0. The standard InChI is InChI=1S/C23H23N3O6S/c1-14(12-21(28)26-19(23(30)31)10-11-20(24)27)32-18-8-4-16(5-9-18)22(29)15-2-6-17(7-3-15)25-13-33/h2-9,14,19H,10-12H2,1H3,(H2,24,27)(H,26,28)(H,30,31). The molecule has 33 heavy (non-hydrogen) atoms. The Balaban J connectivity index is 1.92. The lowest BCUT2D eigenvalue weighted by Gasteiger charge is -2.17. The first-order valence-corrected chi connectivity index (χ1v) is 10.4. The van der Waals surface area contributed by atoms with Gasteiger partial charge in [-0.15, -0.1) is 0 Å². The van der Waals surface area contributed by atoms with Gasteiger partial charge in [0.1, 0.15) is 17.9 Å². The van der Waals surface area contributed by atoms with Gasteiger partial charge >= 0.3 is 5.97 Å². The summed E-state index contributed by atoms with van der Waals surface area (Å²) in [6.07, 6.45) is -0.910. The first-order chi connectivity index (χ1) is 15.7. The summed E-state index contributed by atoms with van der Waals surface area (Å²) in [4.78, 5) is 50.7. The number of carboxylic acids is 1. The predicted octanol–water partition coefficient (Wildman–Crippen LogP) is 2.64. The van der Waals surface area contributed by atoms with Gasteiger partial charge in [0.05, 0.1) is 17.3 Å². The SMILES string of the molecule is CC(CC(=O)NC(CCC(N)=O)C(=O)O)Oc1ccc(C(=O)c2ccc(N=C=S)cc2)cc1. The third-order valence-electron chi connectivity index (χ3n) is 4.54. The summed E-state index contributed by atoms with van der Waals surface area (Å²) in [5, 5.41) is 13.8. The van der Waals surface area contributed by atoms with E-state index in [9.17, 15) is 19.2 Å². The van der Waals surface area contributed by atoms with E-state index in [0.29, 0.717) is 22.6 Å². The molecule has 172 valence electrons. The topological polar surface area (TPSA) is 148 Å². The van der Waals surface area contributed by atoms with E-state index in [-0.39, 0.29) is 25.0 Å². The maximum Gasteiger partial charge on any atom is 0.326 e. The lowest BCUT2D eigenvalue weighted by molar-refractivity contribution is -0.142. The highest BCUT2D eigenvalue weighted by Gasteiger charge is 2.22. The summed E-state index contributed by atoms with van der Waals surface area (Å²) in [6, 6.07) is 11.9. The Morgan fingerprint density at radius 3 is 2.18 bits per heavy atom. The number of nitrogens with zero attached hydrogens (tertiary/aromatic N) is 1. The Morgan fingerprint density at radius 2 is 1.67 bits per heavy atom. The van der Waals surface area contributed by atoms with Gasteiger partial charge in [-0.05, 0) is 74.1 Å². The summed E-state index contributed by atoms with van der Waals surface area (Å²) in [7, 11) is 0. The van der Waals surface area contributed by atoms with Crippen molar-refractivity contribution in [2.45, 2.75) is 38.3 Å². The molecule has 0 spiro atoms. The van der Waals surface area contributed by atoms with Crippen molar-refractivity contribution < 1.29 is 29.0 Å². The number of nitrogens with two attached hydrogens (primary N) is 1. The van der Waals surface area contributed by atoms with Crippen molar-refractivity contribution in [2.24, 2.45) is 10.7 Å². The minimum absolute atomic E-state index is 0.0938. The minimum Gasteiger partial charge on any atom is -0.490 e. The molecular weight excluding hydrogens is 446 g/mol. The molecule has 2 aromatic carbocycles. The Kier molecular flexibility index (Phi) is 9.41. The third-order valence-corrected chi connectivity index (χ3v) is 4.63. The number of carbonyl (C=O) groups is 4. The number of rotatable bonds is 12. The Bertz CT molecular complexity index is 1060. The molecule has 0 radical (unpaired) electrons. The Hall–Kier alpha value is -3.88. The average molecular weight is 470 g/mol. The first kappa shape index (κ1) is 25.4. The van der Waals surface area contributed by atoms with Crippen molar-refractivity contribution in [3.8, 4) is 5.75 Å². The van der Waals surface area contributed by atoms with Crippen LogP contribution in [0.2, 0.25) is 0 Å². The fourth-order valence-electron chi connectivity index (χ4n) is 2.92. The van der Waals surface area contributed by atoms with Crippen molar-refractivity contribution in [1.82, 2.24) is 5.32 Å². The molecule has 2 atom stereocenters. The molecule has 2 unspecified atom stereocenters. The van der Waals surface area contributed by atoms with Crippen molar-refractivity contribution in [3.05, 3.63) is 59.7 Å². The predicted molar refractivity (Wildman–Crippen MR) is 124 cm³/mol. The highest BCUT2D eigenvalue weighted by molar-refractivity contribution is 7.78.